The largest absolute Gasteiger partial charge is 0.379 e. The molecule has 1 aromatic heterocycles. The fraction of sp³-hybridized carbons (Fsp3) is 0.346. The number of amides is 2. The molecule has 2 fully saturated rings. The number of hydrogen-bond acceptors (Lipinski definition) is 5. The monoisotopic (exact) mass is 491 g/mol. The number of thiocarbonyl (C=S) groups is 1. The predicted molar refractivity (Wildman–Crippen MR) is 141 cm³/mol. The first-order chi connectivity index (χ1) is 17.0. The van der Waals surface area contributed by atoms with E-state index in [0.717, 1.165) is 41.8 Å². The van der Waals surface area contributed by atoms with Gasteiger partial charge in [-0.15, -0.1) is 0 Å². The van der Waals surface area contributed by atoms with Gasteiger partial charge >= 0.3 is 0 Å². The van der Waals surface area contributed by atoms with Gasteiger partial charge in [-0.25, -0.2) is 0 Å². The van der Waals surface area contributed by atoms with Gasteiger partial charge in [-0.1, -0.05) is 23.8 Å². The Balaban J connectivity index is 1.33. The van der Waals surface area contributed by atoms with Gasteiger partial charge in [-0.05, 0) is 54.9 Å². The summed E-state index contributed by atoms with van der Waals surface area (Å²) in [5.41, 5.74) is 3.46. The Morgan fingerprint density at radius 2 is 1.89 bits per heavy atom. The summed E-state index contributed by atoms with van der Waals surface area (Å²) in [5.74, 6) is -0.394. The van der Waals surface area contributed by atoms with Crippen molar-refractivity contribution in [2.75, 3.05) is 49.6 Å². The summed E-state index contributed by atoms with van der Waals surface area (Å²) in [7, 11) is 0. The summed E-state index contributed by atoms with van der Waals surface area (Å²) in [6.07, 6.45) is 1.88. The zero-order valence-electron chi connectivity index (χ0n) is 19.7. The lowest BCUT2D eigenvalue weighted by Gasteiger charge is -2.30. The summed E-state index contributed by atoms with van der Waals surface area (Å²) < 4.78 is 5.45. The van der Waals surface area contributed by atoms with Crippen molar-refractivity contribution in [3.63, 3.8) is 0 Å². The molecule has 0 bridgehead atoms. The quantitative estimate of drug-likeness (QED) is 0.495. The van der Waals surface area contributed by atoms with Gasteiger partial charge in [0, 0.05) is 43.6 Å². The molecule has 3 heterocycles. The Bertz CT molecular complexity index is 1240. The highest BCUT2D eigenvalue weighted by atomic mass is 32.1. The van der Waals surface area contributed by atoms with Crippen molar-refractivity contribution in [1.82, 2.24) is 14.8 Å². The van der Waals surface area contributed by atoms with Gasteiger partial charge in [0.1, 0.15) is 6.04 Å². The Labute approximate surface area is 209 Å². The summed E-state index contributed by atoms with van der Waals surface area (Å²) >= 11 is 5.78. The van der Waals surface area contributed by atoms with Gasteiger partial charge < -0.3 is 19.9 Å². The van der Waals surface area contributed by atoms with Gasteiger partial charge in [-0.3, -0.25) is 19.4 Å². The lowest BCUT2D eigenvalue weighted by molar-refractivity contribution is -0.124. The molecule has 8 nitrogen and oxygen atoms in total. The molecule has 182 valence electrons. The number of rotatable bonds is 7. The number of nitrogens with one attached hydrogen (secondary N) is 2. The smallest absolute Gasteiger partial charge is 0.256 e. The van der Waals surface area contributed by atoms with Gasteiger partial charge in [0.2, 0.25) is 5.91 Å². The van der Waals surface area contributed by atoms with Gasteiger partial charge in [0.25, 0.3) is 5.91 Å². The van der Waals surface area contributed by atoms with Crippen LogP contribution in [-0.2, 0) is 14.3 Å². The van der Waals surface area contributed by atoms with E-state index < -0.39 is 6.04 Å². The predicted octanol–water partition coefficient (Wildman–Crippen LogP) is 3.14. The number of carbonyl (C=O) groups is 2. The standard InChI is InChI=1S/C26H29N5O3S/c1-18-2-6-21(7-3-18)31-25(33)23(30(26(31)35)11-10-29-12-14-34-15-13-29)17-24(32)28-20-5-4-19-8-9-27-22(19)16-20/h2-9,16,23,27H,10-15,17H2,1H3,(H,28,32). The minimum Gasteiger partial charge on any atom is -0.379 e. The third-order valence-corrected chi connectivity index (χ3v) is 7.01. The fourth-order valence-electron chi connectivity index (χ4n) is 4.61. The minimum atomic E-state index is -0.654. The van der Waals surface area contributed by atoms with Crippen LogP contribution in [0.25, 0.3) is 10.9 Å². The first-order valence-electron chi connectivity index (χ1n) is 11.9. The lowest BCUT2D eigenvalue weighted by atomic mass is 10.1. The van der Waals surface area contributed by atoms with Gasteiger partial charge in [-0.2, -0.15) is 0 Å². The molecular formula is C26H29N5O3S. The number of ether oxygens (including phenoxy) is 1. The Morgan fingerprint density at radius 3 is 2.66 bits per heavy atom. The van der Waals surface area contributed by atoms with Gasteiger partial charge in [0.15, 0.2) is 5.11 Å². The van der Waals surface area contributed by atoms with Crippen LogP contribution in [0.5, 0.6) is 0 Å². The van der Waals surface area contributed by atoms with E-state index in [1.165, 1.54) is 0 Å². The number of hydrogen-bond donors (Lipinski definition) is 2. The summed E-state index contributed by atoms with van der Waals surface area (Å²) in [5, 5.41) is 4.46. The highest BCUT2D eigenvalue weighted by molar-refractivity contribution is 7.80. The number of fused-ring (bicyclic) bond motifs is 1. The summed E-state index contributed by atoms with van der Waals surface area (Å²) in [4.78, 5) is 35.5. The molecule has 3 aromatic rings. The Morgan fingerprint density at radius 1 is 1.11 bits per heavy atom. The first-order valence-corrected chi connectivity index (χ1v) is 12.3. The number of aromatic nitrogens is 1. The molecule has 0 radical (unpaired) electrons. The van der Waals surface area contributed by atoms with Crippen LogP contribution in [0.4, 0.5) is 11.4 Å². The summed E-state index contributed by atoms with van der Waals surface area (Å²) in [6.45, 7) is 6.43. The maximum Gasteiger partial charge on any atom is 0.256 e. The highest BCUT2D eigenvalue weighted by Crippen LogP contribution is 2.28. The van der Waals surface area contributed by atoms with Crippen molar-refractivity contribution in [2.24, 2.45) is 0 Å². The van der Waals surface area contributed by atoms with Crippen LogP contribution in [0.2, 0.25) is 0 Å². The maximum absolute atomic E-state index is 13.6. The van der Waals surface area contributed by atoms with Crippen molar-refractivity contribution >= 4 is 51.4 Å². The molecule has 2 aliphatic heterocycles. The van der Waals surface area contributed by atoms with Gasteiger partial charge in [0.05, 0.1) is 25.3 Å². The molecule has 2 aliphatic rings. The number of aryl methyl sites for hydroxylation is 1. The first kappa shape index (κ1) is 23.5. The van der Waals surface area contributed by atoms with Crippen LogP contribution in [-0.4, -0.2) is 77.1 Å². The number of H-pyrrole nitrogens is 1. The number of aromatic amines is 1. The fourth-order valence-corrected chi connectivity index (χ4v) is 5.02. The van der Waals surface area contributed by atoms with E-state index >= 15 is 0 Å². The second-order valence-corrected chi connectivity index (χ2v) is 9.35. The van der Waals surface area contributed by atoms with E-state index in [1.807, 2.05) is 66.6 Å². The number of morpholine rings is 1. The number of carbonyl (C=O) groups excluding carboxylic acids is 2. The topological polar surface area (TPSA) is 80.9 Å². The van der Waals surface area contributed by atoms with Crippen molar-refractivity contribution in [2.45, 2.75) is 19.4 Å². The molecule has 35 heavy (non-hydrogen) atoms. The SMILES string of the molecule is Cc1ccc(N2C(=O)C(CC(=O)Nc3ccc4cc[nH]c4c3)N(CCN3CCOCC3)C2=S)cc1. The van der Waals surface area contributed by atoms with Crippen LogP contribution < -0.4 is 10.2 Å². The van der Waals surface area contributed by atoms with E-state index in [9.17, 15) is 9.59 Å². The second-order valence-electron chi connectivity index (χ2n) is 8.99. The second kappa shape index (κ2) is 10.2. The summed E-state index contributed by atoms with van der Waals surface area (Å²) in [6, 6.07) is 14.7. The molecule has 5 rings (SSSR count). The molecule has 0 spiro atoms. The lowest BCUT2D eigenvalue weighted by Crippen LogP contribution is -2.45. The molecule has 0 saturated carbocycles. The van der Waals surface area contributed by atoms with Crippen molar-refractivity contribution < 1.29 is 14.3 Å². The van der Waals surface area contributed by atoms with Crippen molar-refractivity contribution in [1.29, 1.82) is 0 Å². The Hall–Kier alpha value is -3.27. The molecule has 0 aliphatic carbocycles. The maximum atomic E-state index is 13.6. The third kappa shape index (κ3) is 5.07. The Kier molecular flexibility index (Phi) is 6.81. The van der Waals surface area contributed by atoms with Crippen LogP contribution in [0, 0.1) is 6.92 Å². The van der Waals surface area contributed by atoms with Crippen LogP contribution in [0.3, 0.4) is 0 Å². The van der Waals surface area contributed by atoms with E-state index in [1.54, 1.807) is 4.90 Å². The van der Waals surface area contributed by atoms with E-state index in [2.05, 4.69) is 15.2 Å². The highest BCUT2D eigenvalue weighted by Gasteiger charge is 2.44. The normalized spacial score (nSPS) is 19.1. The molecule has 2 N–H and O–H groups in total. The van der Waals surface area contributed by atoms with Crippen LogP contribution >= 0.6 is 12.2 Å². The molecule has 1 unspecified atom stereocenters. The van der Waals surface area contributed by atoms with Crippen molar-refractivity contribution in [3.8, 4) is 0 Å². The van der Waals surface area contributed by atoms with E-state index in [-0.39, 0.29) is 18.2 Å². The molecular weight excluding hydrogens is 462 g/mol. The minimum absolute atomic E-state index is 0.0210. The van der Waals surface area contributed by atoms with E-state index in [0.29, 0.717) is 30.6 Å². The van der Waals surface area contributed by atoms with Crippen molar-refractivity contribution in [3.05, 3.63) is 60.3 Å². The molecule has 9 heteroatoms. The zero-order chi connectivity index (χ0) is 24.4. The van der Waals surface area contributed by atoms with Crippen LogP contribution in [0.15, 0.2) is 54.7 Å². The molecule has 2 aromatic carbocycles. The molecule has 2 amide bonds. The third-order valence-electron chi connectivity index (χ3n) is 6.59. The average molecular weight is 492 g/mol. The number of nitrogens with zero attached hydrogens (tertiary/aromatic N) is 3. The van der Waals surface area contributed by atoms with E-state index in [4.69, 9.17) is 17.0 Å². The number of anilines is 2. The number of benzene rings is 2. The average Bonchev–Trinajstić information content (AvgIpc) is 3.41. The molecule has 1 atom stereocenters. The zero-order valence-corrected chi connectivity index (χ0v) is 20.5. The van der Waals surface area contributed by atoms with Crippen LogP contribution in [0.1, 0.15) is 12.0 Å². The molecule has 2 saturated heterocycles.